The fourth-order valence-electron chi connectivity index (χ4n) is 6.27. The van der Waals surface area contributed by atoms with E-state index in [0.717, 1.165) is 48.8 Å². The summed E-state index contributed by atoms with van der Waals surface area (Å²) in [6.07, 6.45) is 2.35. The van der Waals surface area contributed by atoms with E-state index in [1.54, 1.807) is 6.92 Å². The summed E-state index contributed by atoms with van der Waals surface area (Å²) in [6.45, 7) is 6.96. The standard InChI is InChI=1S/C33H35N7O/c1-23(41)39-20-27(21-39)33-35-31(32(36-37-33)25-7-3-2-4-8-25)26-13-11-24(12-14-26)19-38-17-15-28(16-18-38)40-22-34-29-9-5-6-10-30(29)40/h2-14,27-28,34H,15-22H2,1H3. The van der Waals surface area contributed by atoms with Crippen LogP contribution in [0.1, 0.15) is 37.1 Å². The summed E-state index contributed by atoms with van der Waals surface area (Å²) in [5.41, 5.74) is 7.55. The molecule has 0 bridgehead atoms. The van der Waals surface area contributed by atoms with Crippen LogP contribution in [0.3, 0.4) is 0 Å². The lowest BCUT2D eigenvalue weighted by molar-refractivity contribution is -0.133. The van der Waals surface area contributed by atoms with Crippen LogP contribution < -0.4 is 10.2 Å². The number of rotatable bonds is 6. The first-order chi connectivity index (χ1) is 20.1. The lowest BCUT2D eigenvalue weighted by Crippen LogP contribution is -2.48. The molecule has 0 saturated carbocycles. The molecule has 0 aliphatic carbocycles. The number of fused-ring (bicyclic) bond motifs is 1. The molecule has 1 amide bonds. The lowest BCUT2D eigenvalue weighted by atomic mass is 9.98. The maximum atomic E-state index is 11.7. The zero-order valence-corrected chi connectivity index (χ0v) is 23.4. The molecule has 8 nitrogen and oxygen atoms in total. The molecule has 3 aliphatic heterocycles. The molecule has 8 heteroatoms. The zero-order chi connectivity index (χ0) is 27.8. The van der Waals surface area contributed by atoms with E-state index in [1.807, 2.05) is 35.2 Å². The third-order valence-electron chi connectivity index (χ3n) is 8.73. The number of piperidine rings is 1. The van der Waals surface area contributed by atoms with Crippen LogP contribution in [0, 0.1) is 0 Å². The van der Waals surface area contributed by atoms with E-state index in [0.29, 0.717) is 25.0 Å². The van der Waals surface area contributed by atoms with Gasteiger partial charge in [0.15, 0.2) is 5.82 Å². The number of hydrogen-bond acceptors (Lipinski definition) is 7. The van der Waals surface area contributed by atoms with Crippen molar-refractivity contribution in [3.63, 3.8) is 0 Å². The van der Waals surface area contributed by atoms with E-state index in [2.05, 4.69) is 73.8 Å². The van der Waals surface area contributed by atoms with Crippen molar-refractivity contribution in [1.29, 1.82) is 0 Å². The fraction of sp³-hybridized carbons (Fsp3) is 0.333. The SMILES string of the molecule is CC(=O)N1CC(c2nnc(-c3ccccc3)c(-c3ccc(CN4CCC(N5CNc6ccccc65)CC4)cc3)n2)C1. The Morgan fingerprint density at radius 3 is 2.32 bits per heavy atom. The molecule has 7 rings (SSSR count). The van der Waals surface area contributed by atoms with Crippen LogP contribution in [-0.4, -0.2) is 69.8 Å². The molecule has 4 aromatic rings. The average molecular weight is 546 g/mol. The Labute approximate surface area is 241 Å². The molecule has 1 aromatic heterocycles. The molecule has 2 saturated heterocycles. The molecule has 4 heterocycles. The van der Waals surface area contributed by atoms with Crippen LogP contribution in [0.2, 0.25) is 0 Å². The maximum absolute atomic E-state index is 11.7. The van der Waals surface area contributed by atoms with Gasteiger partial charge in [-0.15, -0.1) is 10.2 Å². The molecular weight excluding hydrogens is 510 g/mol. The number of benzene rings is 3. The van der Waals surface area contributed by atoms with E-state index in [9.17, 15) is 4.79 Å². The van der Waals surface area contributed by atoms with Crippen molar-refractivity contribution in [1.82, 2.24) is 25.0 Å². The molecule has 0 atom stereocenters. The van der Waals surface area contributed by atoms with Crippen LogP contribution in [-0.2, 0) is 11.3 Å². The van der Waals surface area contributed by atoms with E-state index in [-0.39, 0.29) is 11.8 Å². The number of likely N-dealkylation sites (tertiary alicyclic amines) is 2. The Hall–Kier alpha value is -4.30. The number of carbonyl (C=O) groups excluding carboxylic acids is 1. The third-order valence-corrected chi connectivity index (χ3v) is 8.73. The lowest BCUT2D eigenvalue weighted by Gasteiger charge is -2.37. The van der Waals surface area contributed by atoms with Crippen LogP contribution in [0.4, 0.5) is 11.4 Å². The zero-order valence-electron chi connectivity index (χ0n) is 23.4. The minimum absolute atomic E-state index is 0.0912. The number of amides is 1. The molecule has 0 radical (unpaired) electrons. The number of anilines is 2. The van der Waals surface area contributed by atoms with Crippen molar-refractivity contribution in [2.45, 2.75) is 38.3 Å². The summed E-state index contributed by atoms with van der Waals surface area (Å²) >= 11 is 0. The molecule has 0 spiro atoms. The summed E-state index contributed by atoms with van der Waals surface area (Å²) in [5.74, 6) is 0.926. The molecule has 1 N–H and O–H groups in total. The van der Waals surface area contributed by atoms with E-state index in [4.69, 9.17) is 4.98 Å². The van der Waals surface area contributed by atoms with Gasteiger partial charge < -0.3 is 15.1 Å². The molecule has 3 aromatic carbocycles. The highest BCUT2D eigenvalue weighted by Crippen LogP contribution is 2.35. The van der Waals surface area contributed by atoms with Crippen LogP contribution in [0.25, 0.3) is 22.5 Å². The second-order valence-corrected chi connectivity index (χ2v) is 11.4. The van der Waals surface area contributed by atoms with Gasteiger partial charge in [0.05, 0.1) is 24.0 Å². The third kappa shape index (κ3) is 5.15. The summed E-state index contributed by atoms with van der Waals surface area (Å²) < 4.78 is 0. The highest BCUT2D eigenvalue weighted by atomic mass is 16.2. The predicted molar refractivity (Wildman–Crippen MR) is 161 cm³/mol. The summed E-state index contributed by atoms with van der Waals surface area (Å²) in [6, 6.07) is 28.1. The first kappa shape index (κ1) is 25.7. The molecule has 3 aliphatic rings. The number of carbonyl (C=O) groups is 1. The predicted octanol–water partition coefficient (Wildman–Crippen LogP) is 5.01. The average Bonchev–Trinajstić information content (AvgIpc) is 3.42. The Morgan fingerprint density at radius 1 is 0.854 bits per heavy atom. The Kier molecular flexibility index (Phi) is 6.84. The van der Waals surface area contributed by atoms with Gasteiger partial charge in [0, 0.05) is 56.8 Å². The van der Waals surface area contributed by atoms with Crippen LogP contribution in [0.5, 0.6) is 0 Å². The van der Waals surface area contributed by atoms with Crippen molar-refractivity contribution in [3.05, 3.63) is 90.3 Å². The van der Waals surface area contributed by atoms with E-state index in [1.165, 1.54) is 29.8 Å². The summed E-state index contributed by atoms with van der Waals surface area (Å²) in [4.78, 5) is 23.6. The number of nitrogens with one attached hydrogen (secondary N) is 1. The highest BCUT2D eigenvalue weighted by Gasteiger charge is 2.33. The Bertz CT molecular complexity index is 1530. The van der Waals surface area contributed by atoms with Crippen LogP contribution >= 0.6 is 0 Å². The first-order valence-electron chi connectivity index (χ1n) is 14.6. The van der Waals surface area contributed by atoms with E-state index >= 15 is 0 Å². The molecule has 208 valence electrons. The summed E-state index contributed by atoms with van der Waals surface area (Å²) in [5, 5.41) is 12.7. The minimum Gasteiger partial charge on any atom is -0.366 e. The smallest absolute Gasteiger partial charge is 0.219 e. The van der Waals surface area contributed by atoms with Crippen molar-refractivity contribution in [3.8, 4) is 22.5 Å². The first-order valence-corrected chi connectivity index (χ1v) is 14.6. The Morgan fingerprint density at radius 2 is 1.56 bits per heavy atom. The second kappa shape index (κ2) is 10.9. The van der Waals surface area contributed by atoms with Gasteiger partial charge in [-0.05, 0) is 30.5 Å². The van der Waals surface area contributed by atoms with Gasteiger partial charge in [0.2, 0.25) is 5.91 Å². The number of para-hydroxylation sites is 2. The van der Waals surface area contributed by atoms with Gasteiger partial charge in [-0.2, -0.15) is 0 Å². The number of aromatic nitrogens is 3. The quantitative estimate of drug-likeness (QED) is 0.365. The van der Waals surface area contributed by atoms with Gasteiger partial charge in [0.25, 0.3) is 0 Å². The molecular formula is C33H35N7O. The van der Waals surface area contributed by atoms with Gasteiger partial charge in [-0.25, -0.2) is 4.98 Å². The highest BCUT2D eigenvalue weighted by molar-refractivity contribution is 5.78. The van der Waals surface area contributed by atoms with E-state index < -0.39 is 0 Å². The normalized spacial score (nSPS) is 17.7. The van der Waals surface area contributed by atoms with Gasteiger partial charge in [0.1, 0.15) is 11.4 Å². The van der Waals surface area contributed by atoms with Crippen molar-refractivity contribution >= 4 is 17.3 Å². The monoisotopic (exact) mass is 545 g/mol. The second-order valence-electron chi connectivity index (χ2n) is 11.4. The van der Waals surface area contributed by atoms with Gasteiger partial charge in [-0.1, -0.05) is 66.7 Å². The molecule has 41 heavy (non-hydrogen) atoms. The van der Waals surface area contributed by atoms with Gasteiger partial charge in [-0.3, -0.25) is 9.69 Å². The van der Waals surface area contributed by atoms with Crippen molar-refractivity contribution in [2.75, 3.05) is 43.1 Å². The number of hydrogen-bond donors (Lipinski definition) is 1. The summed E-state index contributed by atoms with van der Waals surface area (Å²) in [7, 11) is 0. The van der Waals surface area contributed by atoms with Crippen molar-refractivity contribution < 1.29 is 4.79 Å². The number of nitrogens with zero attached hydrogens (tertiary/aromatic N) is 6. The maximum Gasteiger partial charge on any atom is 0.219 e. The van der Waals surface area contributed by atoms with Gasteiger partial charge >= 0.3 is 0 Å². The molecule has 0 unspecified atom stereocenters. The Balaban J connectivity index is 1.05. The molecule has 2 fully saturated rings. The van der Waals surface area contributed by atoms with Crippen molar-refractivity contribution in [2.24, 2.45) is 0 Å². The fourth-order valence-corrected chi connectivity index (χ4v) is 6.27. The largest absolute Gasteiger partial charge is 0.366 e. The minimum atomic E-state index is 0.0912. The topological polar surface area (TPSA) is 77.5 Å². The van der Waals surface area contributed by atoms with Crippen LogP contribution in [0.15, 0.2) is 78.9 Å².